The van der Waals surface area contributed by atoms with Gasteiger partial charge >= 0.3 is 0 Å². The van der Waals surface area contributed by atoms with Gasteiger partial charge in [0, 0.05) is 0 Å². The largest absolute Gasteiger partial charge is 0.496 e. The maximum atomic E-state index is 11.8. The van der Waals surface area contributed by atoms with E-state index in [1.54, 1.807) is 19.2 Å². The molecule has 7 nitrogen and oxygen atoms in total. The molecule has 0 fully saturated rings. The van der Waals surface area contributed by atoms with Crippen molar-refractivity contribution in [3.63, 3.8) is 0 Å². The Morgan fingerprint density at radius 2 is 1.84 bits per heavy atom. The third kappa shape index (κ3) is 4.35. The molecular weight excluding hydrogens is 322 g/mol. The van der Waals surface area contributed by atoms with Gasteiger partial charge in [-0.05, 0) is 24.3 Å². The minimum atomic E-state index is -0.277. The number of aromatic nitrogens is 2. The number of nitrogens with one attached hydrogen (secondary N) is 1. The summed E-state index contributed by atoms with van der Waals surface area (Å²) in [7, 11) is 1.57. The normalized spacial score (nSPS) is 10.3. The van der Waals surface area contributed by atoms with E-state index in [0.29, 0.717) is 28.8 Å². The van der Waals surface area contributed by atoms with E-state index >= 15 is 0 Å². The third-order valence-electron chi connectivity index (χ3n) is 3.35. The fourth-order valence-corrected chi connectivity index (χ4v) is 2.15. The Balaban J connectivity index is 1.54. The van der Waals surface area contributed by atoms with Crippen LogP contribution in [0.3, 0.4) is 0 Å². The lowest BCUT2D eigenvalue weighted by molar-refractivity contribution is -0.123. The molecule has 0 atom stereocenters. The number of hydrogen-bond acceptors (Lipinski definition) is 6. The molecule has 0 saturated carbocycles. The van der Waals surface area contributed by atoms with Gasteiger partial charge in [0.15, 0.2) is 6.61 Å². The zero-order valence-electron chi connectivity index (χ0n) is 13.6. The molecule has 0 aliphatic carbocycles. The first-order chi connectivity index (χ1) is 12.3. The molecular formula is C18H17N3O4. The van der Waals surface area contributed by atoms with Gasteiger partial charge in [0.25, 0.3) is 11.8 Å². The average molecular weight is 339 g/mol. The summed E-state index contributed by atoms with van der Waals surface area (Å²) >= 11 is 0. The molecule has 0 bridgehead atoms. The summed E-state index contributed by atoms with van der Waals surface area (Å²) in [5.74, 6) is 1.63. The number of carbonyl (C=O) groups excluding carboxylic acids is 1. The molecule has 3 rings (SSSR count). The number of amides is 1. The zero-order chi connectivity index (χ0) is 17.5. The van der Waals surface area contributed by atoms with Crippen LogP contribution in [-0.4, -0.2) is 29.8 Å². The summed E-state index contributed by atoms with van der Waals surface area (Å²) in [4.78, 5) is 11.8. The summed E-state index contributed by atoms with van der Waals surface area (Å²) < 4.78 is 16.2. The van der Waals surface area contributed by atoms with Crippen LogP contribution in [0.4, 0.5) is 0 Å². The Bertz CT molecular complexity index is 833. The lowest BCUT2D eigenvalue weighted by Gasteiger charge is -2.05. The number of ether oxygens (including phenoxy) is 2. The van der Waals surface area contributed by atoms with Crippen LogP contribution in [-0.2, 0) is 11.3 Å². The maximum absolute atomic E-state index is 11.8. The first kappa shape index (κ1) is 16.5. The highest BCUT2D eigenvalue weighted by Crippen LogP contribution is 2.28. The second-order valence-electron chi connectivity index (χ2n) is 5.08. The van der Waals surface area contributed by atoms with E-state index in [4.69, 9.17) is 13.9 Å². The molecule has 2 aromatic carbocycles. The van der Waals surface area contributed by atoms with Crippen LogP contribution in [0.15, 0.2) is 59.0 Å². The molecule has 25 heavy (non-hydrogen) atoms. The van der Waals surface area contributed by atoms with Gasteiger partial charge in [-0.1, -0.05) is 30.3 Å². The van der Waals surface area contributed by atoms with E-state index in [1.165, 1.54) is 0 Å². The van der Waals surface area contributed by atoms with Crippen molar-refractivity contribution in [1.82, 2.24) is 15.5 Å². The molecule has 128 valence electrons. The van der Waals surface area contributed by atoms with Crippen LogP contribution in [0.1, 0.15) is 5.89 Å². The molecule has 1 aromatic heterocycles. The van der Waals surface area contributed by atoms with Crippen molar-refractivity contribution in [2.75, 3.05) is 13.7 Å². The zero-order valence-corrected chi connectivity index (χ0v) is 13.6. The molecule has 1 heterocycles. The molecule has 3 aromatic rings. The van der Waals surface area contributed by atoms with Crippen LogP contribution in [0.5, 0.6) is 11.5 Å². The van der Waals surface area contributed by atoms with Crippen LogP contribution in [0.25, 0.3) is 11.5 Å². The molecule has 1 amide bonds. The molecule has 0 unspecified atom stereocenters. The Morgan fingerprint density at radius 1 is 1.08 bits per heavy atom. The van der Waals surface area contributed by atoms with Crippen molar-refractivity contribution >= 4 is 5.91 Å². The first-order valence-corrected chi connectivity index (χ1v) is 7.66. The topological polar surface area (TPSA) is 86.5 Å². The summed E-state index contributed by atoms with van der Waals surface area (Å²) in [6, 6.07) is 16.5. The SMILES string of the molecule is COc1ccccc1-c1nnc(CNC(=O)COc2ccccc2)o1. The minimum absolute atomic E-state index is 0.0858. The molecule has 0 aliphatic heterocycles. The van der Waals surface area contributed by atoms with E-state index in [9.17, 15) is 4.79 Å². The highest BCUT2D eigenvalue weighted by molar-refractivity contribution is 5.77. The number of para-hydroxylation sites is 2. The monoisotopic (exact) mass is 339 g/mol. The Hall–Kier alpha value is -3.35. The molecule has 0 spiro atoms. The van der Waals surface area contributed by atoms with Gasteiger partial charge in [-0.25, -0.2) is 0 Å². The van der Waals surface area contributed by atoms with E-state index in [-0.39, 0.29) is 19.1 Å². The van der Waals surface area contributed by atoms with Gasteiger partial charge < -0.3 is 19.2 Å². The number of hydrogen-bond donors (Lipinski definition) is 1. The molecule has 7 heteroatoms. The highest BCUT2D eigenvalue weighted by atomic mass is 16.5. The average Bonchev–Trinajstić information content (AvgIpc) is 3.14. The van der Waals surface area contributed by atoms with Crippen molar-refractivity contribution in [1.29, 1.82) is 0 Å². The van der Waals surface area contributed by atoms with Gasteiger partial charge in [0.05, 0.1) is 19.2 Å². The van der Waals surface area contributed by atoms with Gasteiger partial charge in [-0.15, -0.1) is 10.2 Å². The Morgan fingerprint density at radius 3 is 2.64 bits per heavy atom. The second-order valence-corrected chi connectivity index (χ2v) is 5.08. The maximum Gasteiger partial charge on any atom is 0.258 e. The van der Waals surface area contributed by atoms with E-state index < -0.39 is 0 Å². The third-order valence-corrected chi connectivity index (χ3v) is 3.35. The van der Waals surface area contributed by atoms with Gasteiger partial charge in [-0.2, -0.15) is 0 Å². The van der Waals surface area contributed by atoms with Crippen LogP contribution in [0.2, 0.25) is 0 Å². The van der Waals surface area contributed by atoms with E-state index in [0.717, 1.165) is 0 Å². The number of nitrogens with zero attached hydrogens (tertiary/aromatic N) is 2. The van der Waals surface area contributed by atoms with Gasteiger partial charge in [0.2, 0.25) is 5.89 Å². The summed E-state index contributed by atoms with van der Waals surface area (Å²) in [5.41, 5.74) is 0.697. The highest BCUT2D eigenvalue weighted by Gasteiger charge is 2.13. The summed E-state index contributed by atoms with van der Waals surface area (Å²) in [6.07, 6.45) is 0. The molecule has 1 N–H and O–H groups in total. The fourth-order valence-electron chi connectivity index (χ4n) is 2.15. The van der Waals surface area contributed by atoms with Crippen molar-refractivity contribution in [2.24, 2.45) is 0 Å². The minimum Gasteiger partial charge on any atom is -0.496 e. The Kier molecular flexibility index (Phi) is 5.26. The van der Waals surface area contributed by atoms with Crippen molar-refractivity contribution in [3.05, 3.63) is 60.5 Å². The van der Waals surface area contributed by atoms with Crippen LogP contribution < -0.4 is 14.8 Å². The van der Waals surface area contributed by atoms with E-state index in [1.807, 2.05) is 42.5 Å². The van der Waals surface area contributed by atoms with E-state index in [2.05, 4.69) is 15.5 Å². The summed E-state index contributed by atoms with van der Waals surface area (Å²) in [5, 5.41) is 10.6. The smallest absolute Gasteiger partial charge is 0.258 e. The summed E-state index contributed by atoms with van der Waals surface area (Å²) in [6.45, 7) is 0.0383. The molecule has 0 saturated heterocycles. The van der Waals surface area contributed by atoms with Gasteiger partial charge in [-0.3, -0.25) is 4.79 Å². The van der Waals surface area contributed by atoms with Crippen molar-refractivity contribution in [2.45, 2.75) is 6.54 Å². The fraction of sp³-hybridized carbons (Fsp3) is 0.167. The number of carbonyl (C=O) groups is 1. The number of benzene rings is 2. The second kappa shape index (κ2) is 7.96. The predicted molar refractivity (Wildman–Crippen MR) is 90.1 cm³/mol. The number of methoxy groups -OCH3 is 1. The van der Waals surface area contributed by atoms with Crippen molar-refractivity contribution in [3.8, 4) is 23.0 Å². The van der Waals surface area contributed by atoms with Gasteiger partial charge in [0.1, 0.15) is 11.5 Å². The van der Waals surface area contributed by atoms with Crippen molar-refractivity contribution < 1.29 is 18.7 Å². The number of rotatable bonds is 7. The Labute approximate surface area is 144 Å². The predicted octanol–water partition coefficient (Wildman–Crippen LogP) is 2.44. The quantitative estimate of drug-likeness (QED) is 0.711. The standard InChI is InChI=1S/C18H17N3O4/c1-23-15-10-6-5-9-14(15)18-21-20-17(25-18)11-19-16(22)12-24-13-7-3-2-4-8-13/h2-10H,11-12H2,1H3,(H,19,22). The van der Waals surface area contributed by atoms with Crippen LogP contribution in [0, 0.1) is 0 Å². The van der Waals surface area contributed by atoms with Crippen LogP contribution >= 0.6 is 0 Å². The lowest BCUT2D eigenvalue weighted by Crippen LogP contribution is -2.28. The molecule has 0 radical (unpaired) electrons. The lowest BCUT2D eigenvalue weighted by atomic mass is 10.2. The first-order valence-electron chi connectivity index (χ1n) is 7.66. The molecule has 0 aliphatic rings.